The highest BCUT2D eigenvalue weighted by Gasteiger charge is 1.99. The van der Waals surface area contributed by atoms with Gasteiger partial charge in [0.05, 0.1) is 5.38 Å². The Kier molecular flexibility index (Phi) is 2.58. The third kappa shape index (κ3) is 1.89. The summed E-state index contributed by atoms with van der Waals surface area (Å²) in [5.41, 5.74) is 0.939. The molecule has 53 valence electrons. The first-order valence-electron chi connectivity index (χ1n) is 3.01. The number of alkyl halides is 1. The lowest BCUT2D eigenvalue weighted by atomic mass is 10.2. The molecule has 0 fully saturated rings. The van der Waals surface area contributed by atoms with E-state index in [-0.39, 0.29) is 5.38 Å². The summed E-state index contributed by atoms with van der Waals surface area (Å²) in [6, 6.07) is 8.37. The Morgan fingerprint density at radius 3 is 2.70 bits per heavy atom. The Hall–Kier alpha value is -0.200. The van der Waals surface area contributed by atoms with E-state index in [1.807, 2.05) is 13.0 Å². The molecule has 0 saturated carbocycles. The molecule has 0 aromatic heterocycles. The second-order valence-electron chi connectivity index (χ2n) is 2.08. The molecule has 1 radical (unpaired) electrons. The molecule has 1 rings (SSSR count). The van der Waals surface area contributed by atoms with Gasteiger partial charge in [-0.2, -0.15) is 0 Å². The Bertz CT molecular complexity index is 218. The van der Waals surface area contributed by atoms with Crippen LogP contribution in [0.5, 0.6) is 0 Å². The van der Waals surface area contributed by atoms with Crippen molar-refractivity contribution in [1.29, 1.82) is 0 Å². The van der Waals surface area contributed by atoms with Crippen LogP contribution in [0.15, 0.2) is 18.2 Å². The molecule has 1 unspecified atom stereocenters. The lowest BCUT2D eigenvalue weighted by Crippen LogP contribution is -1.82. The zero-order valence-corrected chi connectivity index (χ0v) is 7.08. The number of benzene rings is 1. The Labute approximate surface area is 70.8 Å². The molecule has 0 spiro atoms. The van der Waals surface area contributed by atoms with E-state index in [0.29, 0.717) is 5.02 Å². The average Bonchev–Trinajstić information content (AvgIpc) is 1.88. The molecule has 0 saturated heterocycles. The zero-order chi connectivity index (χ0) is 7.56. The molecule has 0 nitrogen and oxygen atoms in total. The number of halogens is 2. The minimum Gasteiger partial charge on any atom is -0.118 e. The maximum Gasteiger partial charge on any atom is 0.0563 e. The second-order valence-corrected chi connectivity index (χ2v) is 3.17. The van der Waals surface area contributed by atoms with Crippen molar-refractivity contribution in [3.8, 4) is 0 Å². The van der Waals surface area contributed by atoms with Gasteiger partial charge in [0.1, 0.15) is 0 Å². The van der Waals surface area contributed by atoms with E-state index in [1.165, 1.54) is 0 Å². The molecular formula is C8H7Cl2. The predicted molar refractivity (Wildman–Crippen MR) is 44.6 cm³/mol. The van der Waals surface area contributed by atoms with Gasteiger partial charge in [-0.3, -0.25) is 0 Å². The average molecular weight is 174 g/mol. The van der Waals surface area contributed by atoms with Gasteiger partial charge in [-0.15, -0.1) is 11.6 Å². The summed E-state index contributed by atoms with van der Waals surface area (Å²) in [4.78, 5) is 0. The van der Waals surface area contributed by atoms with E-state index >= 15 is 0 Å². The van der Waals surface area contributed by atoms with Gasteiger partial charge in [0.2, 0.25) is 0 Å². The molecule has 0 amide bonds. The number of hydrogen-bond donors (Lipinski definition) is 0. The van der Waals surface area contributed by atoms with Crippen LogP contribution >= 0.6 is 23.2 Å². The van der Waals surface area contributed by atoms with E-state index < -0.39 is 0 Å². The second kappa shape index (κ2) is 3.27. The topological polar surface area (TPSA) is 0 Å². The molecule has 0 aliphatic carbocycles. The highest BCUT2D eigenvalue weighted by atomic mass is 35.5. The third-order valence-electron chi connectivity index (χ3n) is 1.21. The van der Waals surface area contributed by atoms with Gasteiger partial charge < -0.3 is 0 Å². The molecule has 0 aliphatic heterocycles. The van der Waals surface area contributed by atoms with Crippen molar-refractivity contribution < 1.29 is 0 Å². The summed E-state index contributed by atoms with van der Waals surface area (Å²) in [5, 5.41) is 0.694. The van der Waals surface area contributed by atoms with Crippen LogP contribution in [0, 0.1) is 6.07 Å². The first-order chi connectivity index (χ1) is 4.70. The van der Waals surface area contributed by atoms with Crippen molar-refractivity contribution in [2.45, 2.75) is 12.3 Å². The van der Waals surface area contributed by atoms with E-state index in [1.54, 1.807) is 12.1 Å². The summed E-state index contributed by atoms with van der Waals surface area (Å²) in [5.74, 6) is 0. The highest BCUT2D eigenvalue weighted by Crippen LogP contribution is 2.21. The summed E-state index contributed by atoms with van der Waals surface area (Å²) >= 11 is 11.5. The van der Waals surface area contributed by atoms with Gasteiger partial charge >= 0.3 is 0 Å². The van der Waals surface area contributed by atoms with Gasteiger partial charge in [-0.1, -0.05) is 17.7 Å². The van der Waals surface area contributed by atoms with Crippen LogP contribution in [0.1, 0.15) is 17.9 Å². The van der Waals surface area contributed by atoms with Crippen LogP contribution in [0.3, 0.4) is 0 Å². The number of hydrogen-bond acceptors (Lipinski definition) is 0. The Balaban J connectivity index is 2.96. The van der Waals surface area contributed by atoms with Gasteiger partial charge in [-0.05, 0) is 30.7 Å². The van der Waals surface area contributed by atoms with Crippen LogP contribution in [0.25, 0.3) is 0 Å². The summed E-state index contributed by atoms with van der Waals surface area (Å²) in [7, 11) is 0. The van der Waals surface area contributed by atoms with Gasteiger partial charge in [0, 0.05) is 5.02 Å². The van der Waals surface area contributed by atoms with Crippen molar-refractivity contribution in [2.75, 3.05) is 0 Å². The quantitative estimate of drug-likeness (QED) is 0.572. The summed E-state index contributed by atoms with van der Waals surface area (Å²) in [6.45, 7) is 1.89. The van der Waals surface area contributed by atoms with E-state index in [0.717, 1.165) is 5.56 Å². The maximum absolute atomic E-state index is 5.79. The molecule has 1 atom stereocenters. The predicted octanol–water partition coefficient (Wildman–Crippen LogP) is 3.44. The first kappa shape index (κ1) is 7.90. The minimum absolute atomic E-state index is 0.0151. The van der Waals surface area contributed by atoms with E-state index in [4.69, 9.17) is 23.2 Å². The number of rotatable bonds is 1. The third-order valence-corrected chi connectivity index (χ3v) is 1.68. The van der Waals surface area contributed by atoms with Crippen molar-refractivity contribution in [1.82, 2.24) is 0 Å². The van der Waals surface area contributed by atoms with Gasteiger partial charge in [-0.25, -0.2) is 0 Å². The van der Waals surface area contributed by atoms with Crippen LogP contribution in [-0.4, -0.2) is 0 Å². The van der Waals surface area contributed by atoms with Crippen LogP contribution < -0.4 is 0 Å². The first-order valence-corrected chi connectivity index (χ1v) is 3.83. The molecule has 1 aromatic carbocycles. The lowest BCUT2D eigenvalue weighted by molar-refractivity contribution is 1.08. The fourth-order valence-electron chi connectivity index (χ4n) is 0.685. The fraction of sp³-hybridized carbons (Fsp3) is 0.250. The molecule has 0 heterocycles. The monoisotopic (exact) mass is 173 g/mol. The van der Waals surface area contributed by atoms with E-state index in [9.17, 15) is 0 Å². The Morgan fingerprint density at radius 2 is 2.30 bits per heavy atom. The molecule has 0 N–H and O–H groups in total. The largest absolute Gasteiger partial charge is 0.118 e. The van der Waals surface area contributed by atoms with Crippen molar-refractivity contribution in [2.24, 2.45) is 0 Å². The summed E-state index contributed by atoms with van der Waals surface area (Å²) < 4.78 is 0. The van der Waals surface area contributed by atoms with Crippen molar-refractivity contribution >= 4 is 23.2 Å². The van der Waals surface area contributed by atoms with Crippen molar-refractivity contribution in [3.63, 3.8) is 0 Å². The van der Waals surface area contributed by atoms with Crippen LogP contribution in [0.4, 0.5) is 0 Å². The van der Waals surface area contributed by atoms with Gasteiger partial charge in [0.25, 0.3) is 0 Å². The molecule has 0 bridgehead atoms. The summed E-state index contributed by atoms with van der Waals surface area (Å²) in [6.07, 6.45) is 0. The molecule has 0 aliphatic rings. The lowest BCUT2D eigenvalue weighted by Gasteiger charge is -2.00. The Morgan fingerprint density at radius 1 is 1.60 bits per heavy atom. The smallest absolute Gasteiger partial charge is 0.0563 e. The van der Waals surface area contributed by atoms with Crippen molar-refractivity contribution in [3.05, 3.63) is 34.9 Å². The molecule has 1 aromatic rings. The maximum atomic E-state index is 5.79. The van der Waals surface area contributed by atoms with Gasteiger partial charge in [0.15, 0.2) is 0 Å². The molecular weight excluding hydrogens is 167 g/mol. The van der Waals surface area contributed by atoms with E-state index in [2.05, 4.69) is 6.07 Å². The normalized spacial score (nSPS) is 13.1. The zero-order valence-electron chi connectivity index (χ0n) is 5.57. The molecule has 10 heavy (non-hydrogen) atoms. The van der Waals surface area contributed by atoms with Crippen LogP contribution in [-0.2, 0) is 0 Å². The van der Waals surface area contributed by atoms with Crippen LogP contribution in [0.2, 0.25) is 5.02 Å². The fourth-order valence-corrected chi connectivity index (χ4v) is 0.992. The standard InChI is InChI=1S/C8H7Cl2/c1-6(9)7-3-2-4-8(10)5-7/h2,4-6H,1H3. The minimum atomic E-state index is -0.0151. The SMILES string of the molecule is CC(Cl)c1[c]ccc(Cl)c1. The molecule has 2 heteroatoms. The highest BCUT2D eigenvalue weighted by molar-refractivity contribution is 6.30.